The lowest BCUT2D eigenvalue weighted by molar-refractivity contribution is -0.123. The molecule has 0 aromatic heterocycles. The lowest BCUT2D eigenvalue weighted by Crippen LogP contribution is -2.44. The van der Waals surface area contributed by atoms with E-state index < -0.39 is 11.8 Å². The van der Waals surface area contributed by atoms with Gasteiger partial charge in [-0.2, -0.15) is 5.01 Å². The Balaban J connectivity index is 1.50. The van der Waals surface area contributed by atoms with E-state index in [1.165, 1.54) is 0 Å². The van der Waals surface area contributed by atoms with Gasteiger partial charge in [-0.3, -0.25) is 15.0 Å². The average Bonchev–Trinajstić information content (AvgIpc) is 3.07. The minimum Gasteiger partial charge on any atom is -0.488 e. The molecule has 0 spiro atoms. The highest BCUT2D eigenvalue weighted by atomic mass is 35.5. The number of thiocarbonyl (C=S) groups is 1. The maximum atomic E-state index is 12.9. The highest BCUT2D eigenvalue weighted by Crippen LogP contribution is 2.34. The number of benzene rings is 3. The van der Waals surface area contributed by atoms with E-state index >= 15 is 0 Å². The van der Waals surface area contributed by atoms with Crippen LogP contribution in [0.3, 0.4) is 0 Å². The van der Waals surface area contributed by atoms with Gasteiger partial charge in [0.15, 0.2) is 4.32 Å². The number of nitrogens with zero attached hydrogens (tertiary/aromatic N) is 1. The number of hydrazine groups is 1. The number of ether oxygens (including phenoxy) is 1. The molecule has 1 fully saturated rings. The quantitative estimate of drug-likeness (QED) is 0.317. The van der Waals surface area contributed by atoms with Crippen LogP contribution < -0.4 is 10.2 Å². The molecular weight excluding hydrogens is 499 g/mol. The molecule has 0 atom stereocenters. The van der Waals surface area contributed by atoms with Crippen LogP contribution >= 0.6 is 47.2 Å². The van der Waals surface area contributed by atoms with Gasteiger partial charge in [0.25, 0.3) is 11.8 Å². The van der Waals surface area contributed by atoms with E-state index in [4.69, 9.17) is 40.2 Å². The lowest BCUT2D eigenvalue weighted by Gasteiger charge is -2.15. The number of amides is 2. The molecule has 5 nitrogen and oxygen atoms in total. The molecule has 0 aliphatic carbocycles. The SMILES string of the molecule is O=C(NN1C(=O)/C(=C/c2ccccc2OCc2ccc(Cl)cc2Cl)SC1=S)c1ccccc1. The van der Waals surface area contributed by atoms with Crippen molar-refractivity contribution in [3.8, 4) is 5.75 Å². The smallest absolute Gasteiger partial charge is 0.285 e. The fourth-order valence-electron chi connectivity index (χ4n) is 2.99. The molecule has 9 heteroatoms. The molecule has 3 aromatic rings. The van der Waals surface area contributed by atoms with E-state index in [0.717, 1.165) is 22.3 Å². The van der Waals surface area contributed by atoms with E-state index in [1.807, 2.05) is 18.2 Å². The second-order valence-corrected chi connectivity index (χ2v) is 9.41. The number of halogens is 2. The summed E-state index contributed by atoms with van der Waals surface area (Å²) in [7, 11) is 0. The lowest BCUT2D eigenvalue weighted by atomic mass is 10.1. The van der Waals surface area contributed by atoms with Gasteiger partial charge in [0, 0.05) is 26.7 Å². The van der Waals surface area contributed by atoms with Crippen LogP contribution in [-0.4, -0.2) is 21.1 Å². The Kier molecular flexibility index (Phi) is 7.35. The van der Waals surface area contributed by atoms with Gasteiger partial charge in [-0.1, -0.05) is 77.4 Å². The van der Waals surface area contributed by atoms with Crippen molar-refractivity contribution >= 4 is 69.4 Å². The van der Waals surface area contributed by atoms with E-state index in [9.17, 15) is 9.59 Å². The van der Waals surface area contributed by atoms with E-state index in [2.05, 4.69) is 5.43 Å². The third-order valence-electron chi connectivity index (χ3n) is 4.65. The van der Waals surface area contributed by atoms with Crippen LogP contribution in [0.15, 0.2) is 77.7 Å². The molecule has 1 aliphatic heterocycles. The van der Waals surface area contributed by atoms with Crippen LogP contribution in [0, 0.1) is 0 Å². The number of rotatable bonds is 6. The van der Waals surface area contributed by atoms with Crippen molar-refractivity contribution in [2.45, 2.75) is 6.61 Å². The molecule has 2 amide bonds. The molecule has 33 heavy (non-hydrogen) atoms. The zero-order valence-corrected chi connectivity index (χ0v) is 20.1. The standard InChI is InChI=1S/C24H16Cl2N2O3S2/c25-18-11-10-17(19(26)13-18)14-31-20-9-5-4-8-16(20)12-21-23(30)28(24(32)33-21)27-22(29)15-6-2-1-3-7-15/h1-13H,14H2,(H,27,29)/b21-12-. The third-order valence-corrected chi connectivity index (χ3v) is 6.54. The molecular formula is C24H16Cl2N2O3S2. The van der Waals surface area contributed by atoms with Crippen LogP contribution in [0.2, 0.25) is 10.0 Å². The van der Waals surface area contributed by atoms with Crippen molar-refractivity contribution in [1.82, 2.24) is 10.4 Å². The first-order valence-electron chi connectivity index (χ1n) is 9.72. The number of thioether (sulfide) groups is 1. The Bertz CT molecular complexity index is 1270. The van der Waals surface area contributed by atoms with E-state index in [1.54, 1.807) is 60.7 Å². The summed E-state index contributed by atoms with van der Waals surface area (Å²) in [5, 5.41) is 2.14. The van der Waals surface area contributed by atoms with Crippen molar-refractivity contribution in [3.63, 3.8) is 0 Å². The predicted molar refractivity (Wildman–Crippen MR) is 136 cm³/mol. The van der Waals surface area contributed by atoms with Crippen molar-refractivity contribution in [2.75, 3.05) is 0 Å². The molecule has 0 saturated carbocycles. The van der Waals surface area contributed by atoms with Gasteiger partial charge in [0.05, 0.1) is 4.91 Å². The number of nitrogens with one attached hydrogen (secondary N) is 1. The Morgan fingerprint density at radius 1 is 1.06 bits per heavy atom. The zero-order valence-electron chi connectivity index (χ0n) is 17.0. The first kappa shape index (κ1) is 23.3. The maximum Gasteiger partial charge on any atom is 0.285 e. The second-order valence-electron chi connectivity index (χ2n) is 6.89. The van der Waals surface area contributed by atoms with Crippen molar-refractivity contribution < 1.29 is 14.3 Å². The summed E-state index contributed by atoms with van der Waals surface area (Å²) in [6.45, 7) is 0.231. The summed E-state index contributed by atoms with van der Waals surface area (Å²) in [6.07, 6.45) is 1.69. The van der Waals surface area contributed by atoms with Crippen LogP contribution in [0.25, 0.3) is 6.08 Å². The molecule has 1 heterocycles. The minimum absolute atomic E-state index is 0.231. The second kappa shape index (κ2) is 10.4. The summed E-state index contributed by atoms with van der Waals surface area (Å²) in [5.74, 6) is -0.260. The summed E-state index contributed by atoms with van der Waals surface area (Å²) in [4.78, 5) is 25.7. The van der Waals surface area contributed by atoms with Gasteiger partial charge in [-0.25, -0.2) is 0 Å². The van der Waals surface area contributed by atoms with Gasteiger partial charge in [-0.15, -0.1) is 0 Å². The van der Waals surface area contributed by atoms with Crippen LogP contribution in [0.1, 0.15) is 21.5 Å². The molecule has 0 radical (unpaired) electrons. The molecule has 166 valence electrons. The largest absolute Gasteiger partial charge is 0.488 e. The topological polar surface area (TPSA) is 58.6 Å². The molecule has 0 unspecified atom stereocenters. The van der Waals surface area contributed by atoms with Gasteiger partial charge >= 0.3 is 0 Å². The first-order valence-corrected chi connectivity index (χ1v) is 11.7. The molecule has 4 rings (SSSR count). The number of carbonyl (C=O) groups excluding carboxylic acids is 2. The predicted octanol–water partition coefficient (Wildman–Crippen LogP) is 6.12. The number of hydrogen-bond donors (Lipinski definition) is 1. The molecule has 0 bridgehead atoms. The van der Waals surface area contributed by atoms with Crippen LogP contribution in [0.5, 0.6) is 5.75 Å². The summed E-state index contributed by atoms with van der Waals surface area (Å²) in [5.41, 5.74) is 4.47. The van der Waals surface area contributed by atoms with Gasteiger partial charge < -0.3 is 4.74 Å². The van der Waals surface area contributed by atoms with Gasteiger partial charge in [-0.05, 0) is 48.6 Å². The Hall–Kier alpha value is -2.84. The molecule has 1 aliphatic rings. The molecule has 1 saturated heterocycles. The van der Waals surface area contributed by atoms with Crippen molar-refractivity contribution in [1.29, 1.82) is 0 Å². The molecule has 1 N–H and O–H groups in total. The first-order chi connectivity index (χ1) is 15.9. The maximum absolute atomic E-state index is 12.9. The minimum atomic E-state index is -0.420. The summed E-state index contributed by atoms with van der Waals surface area (Å²) in [6, 6.07) is 21.1. The van der Waals surface area contributed by atoms with Crippen LogP contribution in [0.4, 0.5) is 0 Å². The monoisotopic (exact) mass is 514 g/mol. The van der Waals surface area contributed by atoms with Crippen molar-refractivity contribution in [3.05, 3.63) is 104 Å². The highest BCUT2D eigenvalue weighted by molar-refractivity contribution is 8.26. The average molecular weight is 515 g/mol. The fourth-order valence-corrected chi connectivity index (χ4v) is 4.62. The van der Waals surface area contributed by atoms with E-state index in [0.29, 0.717) is 31.8 Å². The summed E-state index contributed by atoms with van der Waals surface area (Å²) >= 11 is 18.6. The highest BCUT2D eigenvalue weighted by Gasteiger charge is 2.34. The van der Waals surface area contributed by atoms with Gasteiger partial charge in [0.1, 0.15) is 12.4 Å². The van der Waals surface area contributed by atoms with E-state index in [-0.39, 0.29) is 10.9 Å². The Morgan fingerprint density at radius 3 is 2.55 bits per heavy atom. The van der Waals surface area contributed by atoms with Crippen LogP contribution in [-0.2, 0) is 11.4 Å². The third kappa shape index (κ3) is 5.57. The Morgan fingerprint density at radius 2 is 1.79 bits per heavy atom. The summed E-state index contributed by atoms with van der Waals surface area (Å²) < 4.78 is 6.19. The number of para-hydroxylation sites is 1. The van der Waals surface area contributed by atoms with Crippen molar-refractivity contribution in [2.24, 2.45) is 0 Å². The normalized spacial score (nSPS) is 14.6. The number of hydrogen-bond acceptors (Lipinski definition) is 5. The molecule has 3 aromatic carbocycles. The zero-order chi connectivity index (χ0) is 23.4. The fraction of sp³-hybridized carbons (Fsp3) is 0.0417. The number of carbonyl (C=O) groups is 2. The van der Waals surface area contributed by atoms with Gasteiger partial charge in [0.2, 0.25) is 0 Å². The Labute approximate surface area is 210 Å².